The molecule has 0 spiro atoms. The van der Waals surface area contributed by atoms with E-state index in [0.717, 1.165) is 40.9 Å². The summed E-state index contributed by atoms with van der Waals surface area (Å²) in [4.78, 5) is 4.39. The molecule has 1 aromatic heterocycles. The summed E-state index contributed by atoms with van der Waals surface area (Å²) in [5.41, 5.74) is 8.84. The number of anilines is 2. The molecule has 2 bridgehead atoms. The van der Waals surface area contributed by atoms with Crippen molar-refractivity contribution in [3.05, 3.63) is 30.5 Å². The zero-order valence-electron chi connectivity index (χ0n) is 11.7. The summed E-state index contributed by atoms with van der Waals surface area (Å²) in [5.74, 6) is 2.83. The summed E-state index contributed by atoms with van der Waals surface area (Å²) in [5, 5.41) is 4.78. The van der Waals surface area contributed by atoms with E-state index < -0.39 is 0 Å². The Morgan fingerprint density at radius 3 is 2.95 bits per heavy atom. The Hall–Kier alpha value is -1.77. The number of aromatic nitrogens is 1. The second-order valence-electron chi connectivity index (χ2n) is 6.42. The maximum absolute atomic E-state index is 6.00. The van der Waals surface area contributed by atoms with E-state index in [4.69, 9.17) is 5.73 Å². The minimum atomic E-state index is 0.756. The Morgan fingerprint density at radius 1 is 1.20 bits per heavy atom. The molecule has 2 fully saturated rings. The van der Waals surface area contributed by atoms with Crippen LogP contribution in [0.2, 0.25) is 0 Å². The molecular weight excluding hydrogens is 246 g/mol. The van der Waals surface area contributed by atoms with E-state index in [1.54, 1.807) is 6.20 Å². The first kappa shape index (κ1) is 12.0. The van der Waals surface area contributed by atoms with Gasteiger partial charge < -0.3 is 11.1 Å². The molecule has 2 aliphatic rings. The van der Waals surface area contributed by atoms with Crippen molar-refractivity contribution in [2.24, 2.45) is 17.8 Å². The van der Waals surface area contributed by atoms with Crippen molar-refractivity contribution in [3.8, 4) is 0 Å². The Balaban J connectivity index is 1.56. The topological polar surface area (TPSA) is 50.9 Å². The van der Waals surface area contributed by atoms with Crippen molar-refractivity contribution in [3.63, 3.8) is 0 Å². The van der Waals surface area contributed by atoms with Gasteiger partial charge in [-0.2, -0.15) is 0 Å². The third kappa shape index (κ3) is 1.92. The smallest absolute Gasteiger partial charge is 0.0951 e. The molecule has 3 nitrogen and oxygen atoms in total. The quantitative estimate of drug-likeness (QED) is 0.834. The highest BCUT2D eigenvalue weighted by atomic mass is 14.9. The summed E-state index contributed by atoms with van der Waals surface area (Å²) >= 11 is 0. The molecule has 3 heteroatoms. The van der Waals surface area contributed by atoms with E-state index in [2.05, 4.69) is 22.4 Å². The first-order valence-corrected chi connectivity index (χ1v) is 7.68. The van der Waals surface area contributed by atoms with Crippen LogP contribution in [-0.4, -0.2) is 11.5 Å². The van der Waals surface area contributed by atoms with Gasteiger partial charge in [0.1, 0.15) is 0 Å². The maximum atomic E-state index is 6.00. The zero-order valence-corrected chi connectivity index (χ0v) is 11.7. The molecule has 2 aromatic rings. The first-order valence-electron chi connectivity index (χ1n) is 7.68. The molecule has 0 saturated heterocycles. The van der Waals surface area contributed by atoms with E-state index in [9.17, 15) is 0 Å². The summed E-state index contributed by atoms with van der Waals surface area (Å²) in [6, 6.07) is 8.12. The molecule has 0 amide bonds. The van der Waals surface area contributed by atoms with Crippen LogP contribution >= 0.6 is 0 Å². The van der Waals surface area contributed by atoms with Gasteiger partial charge in [0.05, 0.1) is 11.2 Å². The lowest BCUT2D eigenvalue weighted by molar-refractivity contribution is 0.348. The number of hydrogen-bond donors (Lipinski definition) is 2. The molecule has 4 rings (SSSR count). The molecule has 3 unspecified atom stereocenters. The maximum Gasteiger partial charge on any atom is 0.0951 e. The van der Waals surface area contributed by atoms with E-state index >= 15 is 0 Å². The molecule has 3 N–H and O–H groups in total. The summed E-state index contributed by atoms with van der Waals surface area (Å²) in [7, 11) is 0. The molecule has 0 radical (unpaired) electrons. The van der Waals surface area contributed by atoms with Gasteiger partial charge in [-0.05, 0) is 61.3 Å². The highest BCUT2D eigenvalue weighted by Gasteiger charge is 2.39. The Labute approximate surface area is 119 Å². The largest absolute Gasteiger partial charge is 0.397 e. The number of nitrogens with two attached hydrogens (primary N) is 1. The number of pyridine rings is 1. The van der Waals surface area contributed by atoms with Crippen LogP contribution in [-0.2, 0) is 0 Å². The van der Waals surface area contributed by atoms with Crippen LogP contribution in [0.1, 0.15) is 25.7 Å². The highest BCUT2D eigenvalue weighted by Crippen LogP contribution is 2.48. The average molecular weight is 267 g/mol. The molecular formula is C17H21N3. The fourth-order valence-electron chi connectivity index (χ4n) is 4.22. The lowest BCUT2D eigenvalue weighted by Gasteiger charge is -2.23. The van der Waals surface area contributed by atoms with Crippen LogP contribution in [0.15, 0.2) is 30.5 Å². The van der Waals surface area contributed by atoms with E-state index in [1.165, 1.54) is 31.4 Å². The number of hydrogen-bond acceptors (Lipinski definition) is 3. The first-order chi connectivity index (χ1) is 9.81. The molecule has 20 heavy (non-hydrogen) atoms. The van der Waals surface area contributed by atoms with Crippen molar-refractivity contribution in [1.82, 2.24) is 4.98 Å². The van der Waals surface area contributed by atoms with E-state index in [1.807, 2.05) is 12.1 Å². The Kier molecular flexibility index (Phi) is 2.79. The Morgan fingerprint density at radius 2 is 2.15 bits per heavy atom. The molecule has 1 heterocycles. The third-order valence-electron chi connectivity index (χ3n) is 5.24. The van der Waals surface area contributed by atoms with Crippen LogP contribution in [0.5, 0.6) is 0 Å². The predicted molar refractivity (Wildman–Crippen MR) is 83.6 cm³/mol. The van der Waals surface area contributed by atoms with Gasteiger partial charge >= 0.3 is 0 Å². The standard InChI is InChI=1S/C17H21N3/c18-15-5-6-16(14-2-1-7-19-17(14)15)20-10-13-9-11-3-4-12(13)8-11/h1-2,5-7,11-13,20H,3-4,8-10,18H2. The fraction of sp³-hybridized carbons (Fsp3) is 0.471. The minimum absolute atomic E-state index is 0.756. The number of rotatable bonds is 3. The van der Waals surface area contributed by atoms with E-state index in [-0.39, 0.29) is 0 Å². The van der Waals surface area contributed by atoms with Gasteiger partial charge in [-0.3, -0.25) is 4.98 Å². The number of nitrogen functional groups attached to an aromatic ring is 1. The molecule has 104 valence electrons. The SMILES string of the molecule is Nc1ccc(NCC2CC3CCC2C3)c2cccnc12. The number of nitrogens with one attached hydrogen (secondary N) is 1. The number of benzene rings is 1. The Bertz CT molecular complexity index is 637. The molecule has 2 saturated carbocycles. The van der Waals surface area contributed by atoms with Crippen molar-refractivity contribution in [2.45, 2.75) is 25.7 Å². The van der Waals surface area contributed by atoms with E-state index in [0.29, 0.717) is 0 Å². The van der Waals surface area contributed by atoms with Gasteiger partial charge in [0.15, 0.2) is 0 Å². The van der Waals surface area contributed by atoms with Crippen molar-refractivity contribution in [1.29, 1.82) is 0 Å². The number of nitrogens with zero attached hydrogens (tertiary/aromatic N) is 1. The van der Waals surface area contributed by atoms with Crippen LogP contribution < -0.4 is 11.1 Å². The lowest BCUT2D eigenvalue weighted by atomic mass is 9.89. The van der Waals surface area contributed by atoms with Crippen LogP contribution in [0.3, 0.4) is 0 Å². The second-order valence-corrected chi connectivity index (χ2v) is 6.42. The van der Waals surface area contributed by atoms with Gasteiger partial charge in [0, 0.05) is 23.8 Å². The highest BCUT2D eigenvalue weighted by molar-refractivity contribution is 5.98. The second kappa shape index (κ2) is 4.65. The van der Waals surface area contributed by atoms with Gasteiger partial charge in [-0.15, -0.1) is 0 Å². The third-order valence-corrected chi connectivity index (χ3v) is 5.24. The van der Waals surface area contributed by atoms with Crippen LogP contribution in [0, 0.1) is 17.8 Å². The van der Waals surface area contributed by atoms with Gasteiger partial charge in [0.25, 0.3) is 0 Å². The normalized spacial score (nSPS) is 28.1. The minimum Gasteiger partial charge on any atom is -0.397 e. The van der Waals surface area contributed by atoms with Crippen LogP contribution in [0.4, 0.5) is 11.4 Å². The molecule has 1 aromatic carbocycles. The van der Waals surface area contributed by atoms with Gasteiger partial charge in [-0.1, -0.05) is 6.42 Å². The average Bonchev–Trinajstić information content (AvgIpc) is 3.09. The summed E-state index contributed by atoms with van der Waals surface area (Å²) < 4.78 is 0. The zero-order chi connectivity index (χ0) is 13.5. The van der Waals surface area contributed by atoms with Crippen molar-refractivity contribution >= 4 is 22.3 Å². The summed E-state index contributed by atoms with van der Waals surface area (Å²) in [6.45, 7) is 1.09. The number of fused-ring (bicyclic) bond motifs is 3. The fourth-order valence-corrected chi connectivity index (χ4v) is 4.22. The molecule has 3 atom stereocenters. The molecule has 2 aliphatic carbocycles. The van der Waals surface area contributed by atoms with Crippen LogP contribution in [0.25, 0.3) is 10.9 Å². The lowest BCUT2D eigenvalue weighted by Crippen LogP contribution is -2.20. The summed E-state index contributed by atoms with van der Waals surface area (Å²) in [6.07, 6.45) is 7.61. The molecule has 0 aliphatic heterocycles. The van der Waals surface area contributed by atoms with Crippen molar-refractivity contribution < 1.29 is 0 Å². The monoisotopic (exact) mass is 267 g/mol. The van der Waals surface area contributed by atoms with Gasteiger partial charge in [0.2, 0.25) is 0 Å². The van der Waals surface area contributed by atoms with Crippen molar-refractivity contribution in [2.75, 3.05) is 17.6 Å². The predicted octanol–water partition coefficient (Wildman–Crippen LogP) is 3.67. The van der Waals surface area contributed by atoms with Gasteiger partial charge in [-0.25, -0.2) is 0 Å².